The first-order valence-electron chi connectivity index (χ1n) is 5.81. The van der Waals surface area contributed by atoms with Crippen LogP contribution in [0, 0.1) is 0 Å². The molecule has 0 saturated heterocycles. The third-order valence-corrected chi connectivity index (χ3v) is 4.03. The first-order chi connectivity index (χ1) is 7.57. The van der Waals surface area contributed by atoms with Crippen LogP contribution in [0.3, 0.4) is 0 Å². The van der Waals surface area contributed by atoms with Gasteiger partial charge in [-0.1, -0.05) is 13.8 Å². The molecule has 16 heavy (non-hydrogen) atoms. The molecule has 0 aliphatic rings. The zero-order valence-electron chi connectivity index (χ0n) is 10.7. The average molecular weight is 241 g/mol. The van der Waals surface area contributed by atoms with E-state index in [1.54, 1.807) is 11.3 Å². The highest BCUT2D eigenvalue weighted by atomic mass is 32.1. The van der Waals surface area contributed by atoms with Gasteiger partial charge in [-0.2, -0.15) is 11.3 Å². The van der Waals surface area contributed by atoms with Crippen molar-refractivity contribution in [2.45, 2.75) is 39.3 Å². The summed E-state index contributed by atoms with van der Waals surface area (Å²) >= 11 is 1.71. The second kappa shape index (κ2) is 5.77. The Labute approximate surface area is 103 Å². The van der Waals surface area contributed by atoms with Crippen LogP contribution in [0.25, 0.3) is 0 Å². The highest BCUT2D eigenvalue weighted by molar-refractivity contribution is 7.07. The molecule has 1 aromatic heterocycles. The van der Waals surface area contributed by atoms with Gasteiger partial charge in [-0.25, -0.2) is 0 Å². The largest absolute Gasteiger partial charge is 0.297 e. The van der Waals surface area contributed by atoms with Crippen LogP contribution in [-0.4, -0.2) is 23.5 Å². The molecule has 0 aliphatic carbocycles. The Hall–Kier alpha value is -0.420. The van der Waals surface area contributed by atoms with E-state index in [4.69, 9.17) is 5.84 Å². The normalized spacial score (nSPS) is 14.4. The summed E-state index contributed by atoms with van der Waals surface area (Å²) in [7, 11) is 0. The molecule has 0 aliphatic heterocycles. The van der Waals surface area contributed by atoms with E-state index in [9.17, 15) is 0 Å². The van der Waals surface area contributed by atoms with Gasteiger partial charge in [0, 0.05) is 5.54 Å². The molecule has 1 unspecified atom stereocenters. The number of thiophene rings is 1. The number of hydrazine groups is 1. The molecule has 3 nitrogen and oxygen atoms in total. The first kappa shape index (κ1) is 13.6. The van der Waals surface area contributed by atoms with Crippen LogP contribution in [0.4, 0.5) is 0 Å². The Morgan fingerprint density at radius 3 is 2.44 bits per heavy atom. The van der Waals surface area contributed by atoms with Gasteiger partial charge in [0.15, 0.2) is 0 Å². The predicted molar refractivity (Wildman–Crippen MR) is 71.4 cm³/mol. The summed E-state index contributed by atoms with van der Waals surface area (Å²) < 4.78 is 0. The van der Waals surface area contributed by atoms with E-state index in [0.717, 1.165) is 13.1 Å². The van der Waals surface area contributed by atoms with Crippen molar-refractivity contribution in [1.29, 1.82) is 0 Å². The Morgan fingerprint density at radius 1 is 1.44 bits per heavy atom. The summed E-state index contributed by atoms with van der Waals surface area (Å²) in [6.07, 6.45) is 0. The lowest BCUT2D eigenvalue weighted by Gasteiger charge is -2.43. The number of rotatable bonds is 6. The summed E-state index contributed by atoms with van der Waals surface area (Å²) in [6.45, 7) is 10.9. The summed E-state index contributed by atoms with van der Waals surface area (Å²) in [5, 5.41) is 4.26. The molecule has 0 radical (unpaired) electrons. The number of nitrogens with zero attached hydrogens (tertiary/aromatic N) is 1. The lowest BCUT2D eigenvalue weighted by molar-refractivity contribution is 0.0914. The number of likely N-dealkylation sites (N-methyl/N-ethyl adjacent to an activating group) is 1. The fourth-order valence-corrected chi connectivity index (χ4v) is 3.05. The Kier molecular flexibility index (Phi) is 4.92. The maximum atomic E-state index is 5.73. The molecule has 1 heterocycles. The minimum atomic E-state index is 0.0132. The van der Waals surface area contributed by atoms with Crippen molar-refractivity contribution in [3.05, 3.63) is 22.4 Å². The molecule has 3 N–H and O–H groups in total. The number of hydrogen-bond donors (Lipinski definition) is 2. The Bertz CT molecular complexity index is 291. The Balaban J connectivity index is 2.94. The molecule has 0 aromatic carbocycles. The predicted octanol–water partition coefficient (Wildman–Crippen LogP) is 2.37. The molecule has 0 fully saturated rings. The van der Waals surface area contributed by atoms with Gasteiger partial charge in [0.05, 0.1) is 6.04 Å². The number of hydrogen-bond acceptors (Lipinski definition) is 4. The lowest BCUT2D eigenvalue weighted by atomic mass is 9.88. The third-order valence-electron chi connectivity index (χ3n) is 3.33. The van der Waals surface area contributed by atoms with Crippen LogP contribution in [0.2, 0.25) is 0 Å². The molecule has 1 aromatic rings. The molecule has 1 rings (SSSR count). The SMILES string of the molecule is CCN(CC)C(C)(C)C(NN)c1ccsc1. The van der Waals surface area contributed by atoms with Gasteiger partial charge < -0.3 is 0 Å². The standard InChI is InChI=1S/C12H23N3S/c1-5-15(6-2)12(3,4)11(14-13)10-7-8-16-9-10/h7-9,11,14H,5-6,13H2,1-4H3. The van der Waals surface area contributed by atoms with Gasteiger partial charge in [-0.15, -0.1) is 0 Å². The van der Waals surface area contributed by atoms with Crippen LogP contribution in [0.15, 0.2) is 16.8 Å². The monoisotopic (exact) mass is 241 g/mol. The highest BCUT2D eigenvalue weighted by Gasteiger charge is 2.34. The Morgan fingerprint density at radius 2 is 2.06 bits per heavy atom. The van der Waals surface area contributed by atoms with E-state index >= 15 is 0 Å². The minimum Gasteiger partial charge on any atom is -0.297 e. The summed E-state index contributed by atoms with van der Waals surface area (Å²) in [5.41, 5.74) is 4.24. The minimum absolute atomic E-state index is 0.0132. The molecular formula is C12H23N3S. The number of nitrogens with one attached hydrogen (secondary N) is 1. The van der Waals surface area contributed by atoms with Gasteiger partial charge in [-0.3, -0.25) is 16.2 Å². The van der Waals surface area contributed by atoms with Crippen LogP contribution in [0.1, 0.15) is 39.3 Å². The second-order valence-electron chi connectivity index (χ2n) is 4.48. The van der Waals surface area contributed by atoms with Crippen LogP contribution in [-0.2, 0) is 0 Å². The summed E-state index contributed by atoms with van der Waals surface area (Å²) in [5.74, 6) is 5.73. The molecule has 0 saturated carbocycles. The van der Waals surface area contributed by atoms with Crippen molar-refractivity contribution in [3.63, 3.8) is 0 Å². The van der Waals surface area contributed by atoms with Crippen molar-refractivity contribution in [3.8, 4) is 0 Å². The topological polar surface area (TPSA) is 41.3 Å². The van der Waals surface area contributed by atoms with E-state index in [1.807, 2.05) is 0 Å². The summed E-state index contributed by atoms with van der Waals surface area (Å²) in [4.78, 5) is 2.43. The first-order valence-corrected chi connectivity index (χ1v) is 6.75. The average Bonchev–Trinajstić information content (AvgIpc) is 2.73. The van der Waals surface area contributed by atoms with Gasteiger partial charge in [0.25, 0.3) is 0 Å². The van der Waals surface area contributed by atoms with E-state index < -0.39 is 0 Å². The summed E-state index contributed by atoms with van der Waals surface area (Å²) in [6, 6.07) is 2.30. The molecule has 4 heteroatoms. The smallest absolute Gasteiger partial charge is 0.0646 e. The van der Waals surface area contributed by atoms with Crippen molar-refractivity contribution < 1.29 is 0 Å². The molecule has 92 valence electrons. The molecule has 1 atom stereocenters. The maximum Gasteiger partial charge on any atom is 0.0646 e. The quantitative estimate of drug-likeness (QED) is 0.593. The molecule has 0 amide bonds. The fourth-order valence-electron chi connectivity index (χ4n) is 2.37. The second-order valence-corrected chi connectivity index (χ2v) is 5.26. The maximum absolute atomic E-state index is 5.73. The van der Waals surface area contributed by atoms with Crippen molar-refractivity contribution in [2.24, 2.45) is 5.84 Å². The molecule has 0 spiro atoms. The molecular weight excluding hydrogens is 218 g/mol. The third kappa shape index (κ3) is 2.63. The van der Waals surface area contributed by atoms with E-state index in [-0.39, 0.29) is 11.6 Å². The van der Waals surface area contributed by atoms with E-state index in [0.29, 0.717) is 0 Å². The zero-order chi connectivity index (χ0) is 12.2. The highest BCUT2D eigenvalue weighted by Crippen LogP contribution is 2.31. The number of nitrogens with two attached hydrogens (primary N) is 1. The van der Waals surface area contributed by atoms with E-state index in [2.05, 4.69) is 54.8 Å². The van der Waals surface area contributed by atoms with Gasteiger partial charge in [-0.05, 0) is 49.3 Å². The van der Waals surface area contributed by atoms with Crippen LogP contribution < -0.4 is 11.3 Å². The van der Waals surface area contributed by atoms with Gasteiger partial charge in [0.1, 0.15) is 0 Å². The fraction of sp³-hybridized carbons (Fsp3) is 0.667. The van der Waals surface area contributed by atoms with Crippen LogP contribution >= 0.6 is 11.3 Å². The van der Waals surface area contributed by atoms with Gasteiger partial charge in [0.2, 0.25) is 0 Å². The lowest BCUT2D eigenvalue weighted by Crippen LogP contribution is -2.54. The van der Waals surface area contributed by atoms with Crippen molar-refractivity contribution in [2.75, 3.05) is 13.1 Å². The van der Waals surface area contributed by atoms with Crippen molar-refractivity contribution >= 4 is 11.3 Å². The van der Waals surface area contributed by atoms with Crippen LogP contribution in [0.5, 0.6) is 0 Å². The zero-order valence-corrected chi connectivity index (χ0v) is 11.5. The van der Waals surface area contributed by atoms with E-state index in [1.165, 1.54) is 5.56 Å². The molecule has 0 bridgehead atoms. The van der Waals surface area contributed by atoms with Crippen molar-refractivity contribution in [1.82, 2.24) is 10.3 Å². The van der Waals surface area contributed by atoms with Gasteiger partial charge >= 0.3 is 0 Å².